The molecule has 1 aliphatic rings. The number of aliphatic carboxylic acids is 1. The van der Waals surface area contributed by atoms with Gasteiger partial charge in [-0.05, 0) is 24.6 Å². The predicted molar refractivity (Wildman–Crippen MR) is 79.8 cm³/mol. The maximum Gasteiger partial charge on any atom is 0.495 e. The molecule has 0 saturated carbocycles. The zero-order valence-corrected chi connectivity index (χ0v) is 12.6. The van der Waals surface area contributed by atoms with Crippen LogP contribution in [0.5, 0.6) is 5.75 Å². The Morgan fingerprint density at radius 1 is 1.38 bits per heavy atom. The van der Waals surface area contributed by atoms with E-state index in [9.17, 15) is 18.2 Å². The Kier molecular flexibility index (Phi) is 7.48. The number of fused-ring (bicyclic) bond motifs is 1. The monoisotopic (exact) mass is 350 g/mol. The van der Waals surface area contributed by atoms with E-state index in [0.717, 1.165) is 12.0 Å². The van der Waals surface area contributed by atoms with E-state index in [-0.39, 0.29) is 6.10 Å². The fourth-order valence-corrected chi connectivity index (χ4v) is 1.98. The molecule has 1 heterocycles. The average molecular weight is 350 g/mol. The molecule has 2 rings (SSSR count). The van der Waals surface area contributed by atoms with Crippen molar-refractivity contribution in [3.05, 3.63) is 23.8 Å². The second-order valence-electron chi connectivity index (χ2n) is 4.77. The van der Waals surface area contributed by atoms with Gasteiger partial charge in [0.05, 0.1) is 12.7 Å². The molecule has 7 nitrogen and oxygen atoms in total. The van der Waals surface area contributed by atoms with E-state index >= 15 is 0 Å². The highest BCUT2D eigenvalue weighted by Crippen LogP contribution is 2.26. The maximum absolute atomic E-state index is 10.6. The van der Waals surface area contributed by atoms with Crippen molar-refractivity contribution in [3.8, 4) is 5.75 Å². The molecule has 1 aromatic carbocycles. The smallest absolute Gasteiger partial charge is 0.494 e. The molecule has 0 aromatic heterocycles. The molecule has 1 atom stereocenters. The lowest BCUT2D eigenvalue weighted by Gasteiger charge is -2.11. The summed E-state index contributed by atoms with van der Waals surface area (Å²) >= 11 is 0. The van der Waals surface area contributed by atoms with Gasteiger partial charge in [-0.15, -0.1) is 0 Å². The Bertz CT molecular complexity index is 559. The standard InChI is InChI=1S/C11H17BN2O3.C2HF3O2/c13-5-2-6-16-9-4-1-3-8-10(7-14)17-12(15)11(8)9;3-2(4,5)1(6)7/h1,3-4,10,15H,2,5-7,13-14H2;(H,6,7). The van der Waals surface area contributed by atoms with Crippen LogP contribution in [0.25, 0.3) is 0 Å². The van der Waals surface area contributed by atoms with Gasteiger partial charge in [0.25, 0.3) is 0 Å². The van der Waals surface area contributed by atoms with E-state index in [0.29, 0.717) is 30.9 Å². The lowest BCUT2D eigenvalue weighted by Crippen LogP contribution is -2.30. The van der Waals surface area contributed by atoms with Crippen molar-refractivity contribution in [2.24, 2.45) is 11.5 Å². The number of carboxylic acid groups (broad SMARTS) is 1. The number of nitrogens with two attached hydrogens (primary N) is 2. The van der Waals surface area contributed by atoms with E-state index in [4.69, 9.17) is 30.8 Å². The van der Waals surface area contributed by atoms with Crippen LogP contribution < -0.4 is 21.7 Å². The van der Waals surface area contributed by atoms with Gasteiger partial charge in [0.2, 0.25) is 0 Å². The molecule has 0 fully saturated rings. The molecule has 0 radical (unpaired) electrons. The summed E-state index contributed by atoms with van der Waals surface area (Å²) < 4.78 is 42.7. The molecule has 0 amide bonds. The largest absolute Gasteiger partial charge is 0.495 e. The quantitative estimate of drug-likeness (QED) is 0.426. The number of hydrogen-bond donors (Lipinski definition) is 4. The van der Waals surface area contributed by atoms with E-state index in [2.05, 4.69) is 0 Å². The third kappa shape index (κ3) is 5.37. The summed E-state index contributed by atoms with van der Waals surface area (Å²) in [6, 6.07) is 5.60. The molecule has 0 spiro atoms. The molecule has 134 valence electrons. The van der Waals surface area contributed by atoms with Crippen molar-refractivity contribution in [1.29, 1.82) is 0 Å². The van der Waals surface area contributed by atoms with Gasteiger partial charge < -0.3 is 31.0 Å². The summed E-state index contributed by atoms with van der Waals surface area (Å²) in [4.78, 5) is 8.90. The van der Waals surface area contributed by atoms with Gasteiger partial charge in [0, 0.05) is 12.0 Å². The topological polar surface area (TPSA) is 128 Å². The Morgan fingerprint density at radius 3 is 2.50 bits per heavy atom. The van der Waals surface area contributed by atoms with Crippen molar-refractivity contribution in [1.82, 2.24) is 0 Å². The van der Waals surface area contributed by atoms with Crippen LogP contribution in [0.15, 0.2) is 18.2 Å². The summed E-state index contributed by atoms with van der Waals surface area (Å²) in [6.45, 7) is 1.46. The summed E-state index contributed by atoms with van der Waals surface area (Å²) in [5, 5.41) is 17.0. The van der Waals surface area contributed by atoms with Crippen LogP contribution in [0.3, 0.4) is 0 Å². The predicted octanol–water partition coefficient (Wildman–Crippen LogP) is -0.235. The summed E-state index contributed by atoms with van der Waals surface area (Å²) in [7, 11) is -0.951. The van der Waals surface area contributed by atoms with E-state index in [1.807, 2.05) is 18.2 Å². The van der Waals surface area contributed by atoms with Crippen LogP contribution in [0.2, 0.25) is 0 Å². The molecule has 0 bridgehead atoms. The van der Waals surface area contributed by atoms with Crippen LogP contribution in [-0.4, -0.2) is 49.1 Å². The molecule has 6 N–H and O–H groups in total. The number of benzene rings is 1. The number of carboxylic acids is 1. The van der Waals surface area contributed by atoms with E-state index in [1.54, 1.807) is 0 Å². The maximum atomic E-state index is 10.6. The minimum atomic E-state index is -5.08. The van der Waals surface area contributed by atoms with Gasteiger partial charge in [-0.25, -0.2) is 4.79 Å². The van der Waals surface area contributed by atoms with Crippen LogP contribution in [0.1, 0.15) is 18.1 Å². The SMILES string of the molecule is NCCCOc1cccc2c1B(O)OC2CN.O=C(O)C(F)(F)F. The lowest BCUT2D eigenvalue weighted by molar-refractivity contribution is -0.192. The molecule has 24 heavy (non-hydrogen) atoms. The normalized spacial score (nSPS) is 16.2. The number of halogens is 3. The van der Waals surface area contributed by atoms with E-state index in [1.165, 1.54) is 0 Å². The van der Waals surface area contributed by atoms with Gasteiger partial charge in [-0.2, -0.15) is 13.2 Å². The number of hydrogen-bond acceptors (Lipinski definition) is 6. The van der Waals surface area contributed by atoms with E-state index < -0.39 is 19.3 Å². The van der Waals surface area contributed by atoms with Crippen LogP contribution in [0.4, 0.5) is 13.2 Å². The first-order valence-corrected chi connectivity index (χ1v) is 7.01. The third-order valence-corrected chi connectivity index (χ3v) is 3.05. The Balaban J connectivity index is 0.000000351. The van der Waals surface area contributed by atoms with Crippen molar-refractivity contribution in [2.75, 3.05) is 19.7 Å². The Labute approximate surface area is 136 Å². The molecular formula is C13H18BF3N2O5. The third-order valence-electron chi connectivity index (χ3n) is 3.05. The highest BCUT2D eigenvalue weighted by molar-refractivity contribution is 6.62. The number of carbonyl (C=O) groups is 1. The Hall–Kier alpha value is -1.82. The second kappa shape index (κ2) is 8.88. The minimum Gasteiger partial charge on any atom is -0.494 e. The van der Waals surface area contributed by atoms with Gasteiger partial charge in [0.15, 0.2) is 0 Å². The molecule has 1 aromatic rings. The zero-order chi connectivity index (χ0) is 18.3. The van der Waals surface area contributed by atoms with Gasteiger partial charge >= 0.3 is 19.3 Å². The zero-order valence-electron chi connectivity index (χ0n) is 12.6. The summed E-state index contributed by atoms with van der Waals surface area (Å²) in [5.74, 6) is -2.10. The fraction of sp³-hybridized carbons (Fsp3) is 0.462. The highest BCUT2D eigenvalue weighted by Gasteiger charge is 2.38. The fourth-order valence-electron chi connectivity index (χ4n) is 1.98. The molecule has 0 saturated heterocycles. The first kappa shape index (κ1) is 20.2. The van der Waals surface area contributed by atoms with Crippen molar-refractivity contribution in [2.45, 2.75) is 18.7 Å². The average Bonchev–Trinajstić information content (AvgIpc) is 2.84. The molecule has 1 unspecified atom stereocenters. The van der Waals surface area contributed by atoms with Crippen LogP contribution in [0, 0.1) is 0 Å². The Morgan fingerprint density at radius 2 is 2.00 bits per heavy atom. The van der Waals surface area contributed by atoms with Gasteiger partial charge in [-0.3, -0.25) is 0 Å². The number of ether oxygens (including phenoxy) is 1. The number of rotatable bonds is 5. The van der Waals surface area contributed by atoms with Crippen LogP contribution >= 0.6 is 0 Å². The lowest BCUT2D eigenvalue weighted by atomic mass is 9.78. The molecule has 1 aliphatic heterocycles. The summed E-state index contributed by atoms with van der Waals surface area (Å²) in [6.07, 6.45) is -4.56. The van der Waals surface area contributed by atoms with Crippen molar-refractivity contribution >= 4 is 18.6 Å². The first-order valence-electron chi connectivity index (χ1n) is 7.01. The van der Waals surface area contributed by atoms with Crippen molar-refractivity contribution < 1.29 is 37.5 Å². The van der Waals surface area contributed by atoms with Crippen LogP contribution in [-0.2, 0) is 9.45 Å². The summed E-state index contributed by atoms with van der Waals surface area (Å²) in [5.41, 5.74) is 12.6. The second-order valence-corrected chi connectivity index (χ2v) is 4.77. The molecular weight excluding hydrogens is 332 g/mol. The van der Waals surface area contributed by atoms with Crippen molar-refractivity contribution in [3.63, 3.8) is 0 Å². The first-order chi connectivity index (χ1) is 11.2. The van der Waals surface area contributed by atoms with Gasteiger partial charge in [0.1, 0.15) is 5.75 Å². The van der Waals surface area contributed by atoms with Gasteiger partial charge in [-0.1, -0.05) is 12.1 Å². The molecule has 11 heteroatoms. The molecule has 0 aliphatic carbocycles. The highest BCUT2D eigenvalue weighted by atomic mass is 19.4. The number of alkyl halides is 3. The minimum absolute atomic E-state index is 0.252.